The van der Waals surface area contributed by atoms with Gasteiger partial charge in [0.15, 0.2) is 5.03 Å². The minimum absolute atomic E-state index is 0.0304. The summed E-state index contributed by atoms with van der Waals surface area (Å²) in [5, 5.41) is 14.9. The summed E-state index contributed by atoms with van der Waals surface area (Å²) in [7, 11) is -3.57. The summed E-state index contributed by atoms with van der Waals surface area (Å²) in [6.07, 6.45) is 3.47. The Labute approximate surface area is 105 Å². The van der Waals surface area contributed by atoms with Crippen molar-refractivity contribution in [3.05, 3.63) is 12.3 Å². The molecule has 0 spiro atoms. The number of carboxylic acid groups (broad SMARTS) is 1. The van der Waals surface area contributed by atoms with Gasteiger partial charge in [0.2, 0.25) is 0 Å². The number of aromatic nitrogens is 2. The molecular formula is C10H15N3O4S. The number of nitrogens with one attached hydrogen (secondary N) is 2. The van der Waals surface area contributed by atoms with Crippen molar-refractivity contribution in [3.8, 4) is 0 Å². The Morgan fingerprint density at radius 1 is 1.39 bits per heavy atom. The smallest absolute Gasteiger partial charge is 0.306 e. The zero-order chi connectivity index (χ0) is 13.2. The number of aliphatic carboxylic acids is 1. The van der Waals surface area contributed by atoms with Crippen LogP contribution in [0.4, 0.5) is 0 Å². The largest absolute Gasteiger partial charge is 0.481 e. The van der Waals surface area contributed by atoms with E-state index < -0.39 is 16.0 Å². The maximum absolute atomic E-state index is 11.9. The van der Waals surface area contributed by atoms with Crippen LogP contribution in [-0.2, 0) is 14.8 Å². The zero-order valence-corrected chi connectivity index (χ0v) is 10.5. The molecule has 100 valence electrons. The van der Waals surface area contributed by atoms with Gasteiger partial charge in [-0.3, -0.25) is 9.89 Å². The predicted molar refractivity (Wildman–Crippen MR) is 62.3 cm³/mol. The summed E-state index contributed by atoms with van der Waals surface area (Å²) in [5.41, 5.74) is 0. The molecule has 8 heteroatoms. The van der Waals surface area contributed by atoms with Crippen molar-refractivity contribution in [2.24, 2.45) is 5.92 Å². The highest BCUT2D eigenvalue weighted by atomic mass is 32.2. The van der Waals surface area contributed by atoms with E-state index in [-0.39, 0.29) is 17.0 Å². The number of nitrogens with zero attached hydrogens (tertiary/aromatic N) is 1. The Balaban J connectivity index is 1.94. The zero-order valence-electron chi connectivity index (χ0n) is 9.67. The number of carbonyl (C=O) groups is 1. The molecule has 0 amide bonds. The Morgan fingerprint density at radius 3 is 2.56 bits per heavy atom. The fraction of sp³-hybridized carbons (Fsp3) is 0.600. The van der Waals surface area contributed by atoms with Crippen LogP contribution in [0.5, 0.6) is 0 Å². The van der Waals surface area contributed by atoms with Gasteiger partial charge in [0.05, 0.1) is 12.1 Å². The standard InChI is InChI=1S/C10H15N3O4S/c14-10(15)7-1-3-8(4-2-7)13-18(16,17)9-5-6-11-12-9/h5-8,13H,1-4H2,(H,11,12)(H,14,15). The van der Waals surface area contributed by atoms with Gasteiger partial charge >= 0.3 is 5.97 Å². The first-order valence-corrected chi connectivity index (χ1v) is 7.22. The third-order valence-electron chi connectivity index (χ3n) is 3.16. The van der Waals surface area contributed by atoms with Gasteiger partial charge in [-0.15, -0.1) is 0 Å². The van der Waals surface area contributed by atoms with Crippen LogP contribution in [0.15, 0.2) is 17.3 Å². The average Bonchev–Trinajstić information content (AvgIpc) is 2.83. The lowest BCUT2D eigenvalue weighted by molar-refractivity contribution is -0.142. The molecule has 1 aromatic heterocycles. The summed E-state index contributed by atoms with van der Waals surface area (Å²) >= 11 is 0. The molecule has 1 heterocycles. The first-order chi connectivity index (χ1) is 8.49. The van der Waals surface area contributed by atoms with Crippen LogP contribution in [-0.4, -0.2) is 35.7 Å². The summed E-state index contributed by atoms with van der Waals surface area (Å²) in [6.45, 7) is 0. The van der Waals surface area contributed by atoms with Crippen LogP contribution in [0, 0.1) is 5.92 Å². The molecule has 0 bridgehead atoms. The molecule has 3 N–H and O–H groups in total. The average molecular weight is 273 g/mol. The Hall–Kier alpha value is -1.41. The van der Waals surface area contributed by atoms with Crippen LogP contribution >= 0.6 is 0 Å². The van der Waals surface area contributed by atoms with Crippen molar-refractivity contribution in [1.82, 2.24) is 14.9 Å². The molecule has 0 atom stereocenters. The van der Waals surface area contributed by atoms with Gasteiger partial charge in [0, 0.05) is 6.04 Å². The van der Waals surface area contributed by atoms with Gasteiger partial charge in [0.1, 0.15) is 0 Å². The summed E-state index contributed by atoms with van der Waals surface area (Å²) in [5.74, 6) is -1.15. The SMILES string of the molecule is O=C(O)C1CCC(NS(=O)(=O)c2ccn[nH]2)CC1. The van der Waals surface area contributed by atoms with Crippen molar-refractivity contribution >= 4 is 16.0 Å². The maximum Gasteiger partial charge on any atom is 0.306 e. The molecule has 18 heavy (non-hydrogen) atoms. The van der Waals surface area contributed by atoms with Crippen LogP contribution in [0.25, 0.3) is 0 Å². The highest BCUT2D eigenvalue weighted by Gasteiger charge is 2.29. The monoisotopic (exact) mass is 273 g/mol. The van der Waals surface area contributed by atoms with E-state index in [1.54, 1.807) is 0 Å². The minimum Gasteiger partial charge on any atom is -0.481 e. The molecule has 2 rings (SSSR count). The van der Waals surface area contributed by atoms with Crippen molar-refractivity contribution in [3.63, 3.8) is 0 Å². The van der Waals surface area contributed by atoms with Gasteiger partial charge in [-0.2, -0.15) is 5.10 Å². The maximum atomic E-state index is 11.9. The lowest BCUT2D eigenvalue weighted by Gasteiger charge is -2.26. The van der Waals surface area contributed by atoms with Crippen molar-refractivity contribution < 1.29 is 18.3 Å². The number of hydrogen-bond donors (Lipinski definition) is 3. The summed E-state index contributed by atoms with van der Waals surface area (Å²) in [6, 6.07) is 1.18. The lowest BCUT2D eigenvalue weighted by atomic mass is 9.87. The third-order valence-corrected chi connectivity index (χ3v) is 4.61. The van der Waals surface area contributed by atoms with Crippen LogP contribution < -0.4 is 4.72 Å². The Bertz CT molecular complexity index is 503. The van der Waals surface area contributed by atoms with Crippen molar-refractivity contribution in [2.75, 3.05) is 0 Å². The van der Waals surface area contributed by atoms with Gasteiger partial charge in [-0.25, -0.2) is 13.1 Å². The molecule has 1 aliphatic carbocycles. The van der Waals surface area contributed by atoms with Gasteiger partial charge in [-0.1, -0.05) is 0 Å². The van der Waals surface area contributed by atoms with E-state index in [1.165, 1.54) is 12.3 Å². The molecule has 7 nitrogen and oxygen atoms in total. The Kier molecular flexibility index (Phi) is 3.67. The van der Waals surface area contributed by atoms with Gasteiger partial charge in [0.25, 0.3) is 10.0 Å². The lowest BCUT2D eigenvalue weighted by Crippen LogP contribution is -2.38. The molecule has 0 aromatic carbocycles. The second-order valence-corrected chi connectivity index (χ2v) is 6.11. The van der Waals surface area contributed by atoms with Gasteiger partial charge < -0.3 is 5.11 Å². The molecule has 0 aliphatic heterocycles. The molecule has 1 fully saturated rings. The first kappa shape index (κ1) is 13.0. The number of aromatic amines is 1. The minimum atomic E-state index is -3.57. The van der Waals surface area contributed by atoms with E-state index in [1.807, 2.05) is 0 Å². The topological polar surface area (TPSA) is 112 Å². The number of sulfonamides is 1. The molecular weight excluding hydrogens is 258 g/mol. The Morgan fingerprint density at radius 2 is 2.06 bits per heavy atom. The molecule has 1 aliphatic rings. The van der Waals surface area contributed by atoms with Crippen molar-refractivity contribution in [2.45, 2.75) is 36.8 Å². The van der Waals surface area contributed by atoms with Crippen LogP contribution in [0.2, 0.25) is 0 Å². The van der Waals surface area contributed by atoms with E-state index in [4.69, 9.17) is 5.11 Å². The second-order valence-electron chi connectivity index (χ2n) is 4.43. The van der Waals surface area contributed by atoms with Crippen LogP contribution in [0.3, 0.4) is 0 Å². The summed E-state index contributed by atoms with van der Waals surface area (Å²) in [4.78, 5) is 10.8. The third kappa shape index (κ3) is 2.88. The second kappa shape index (κ2) is 5.07. The molecule has 0 saturated heterocycles. The van der Waals surface area contributed by atoms with E-state index in [0.717, 1.165) is 0 Å². The van der Waals surface area contributed by atoms with E-state index in [0.29, 0.717) is 25.7 Å². The molecule has 1 aromatic rings. The highest BCUT2D eigenvalue weighted by Crippen LogP contribution is 2.25. The van der Waals surface area contributed by atoms with Crippen LogP contribution in [0.1, 0.15) is 25.7 Å². The molecule has 0 radical (unpaired) electrons. The molecule has 1 saturated carbocycles. The fourth-order valence-electron chi connectivity index (χ4n) is 2.13. The number of rotatable bonds is 4. The van der Waals surface area contributed by atoms with E-state index >= 15 is 0 Å². The fourth-order valence-corrected chi connectivity index (χ4v) is 3.35. The number of carboxylic acids is 1. The normalized spacial score (nSPS) is 24.9. The summed E-state index contributed by atoms with van der Waals surface area (Å²) < 4.78 is 26.3. The molecule has 0 unspecified atom stereocenters. The number of hydrogen-bond acceptors (Lipinski definition) is 4. The first-order valence-electron chi connectivity index (χ1n) is 5.73. The number of H-pyrrole nitrogens is 1. The van der Waals surface area contributed by atoms with E-state index in [9.17, 15) is 13.2 Å². The quantitative estimate of drug-likeness (QED) is 0.732. The van der Waals surface area contributed by atoms with Crippen molar-refractivity contribution in [1.29, 1.82) is 0 Å². The predicted octanol–water partition coefficient (Wildman–Crippen LogP) is 0.331. The van der Waals surface area contributed by atoms with E-state index in [2.05, 4.69) is 14.9 Å². The highest BCUT2D eigenvalue weighted by molar-refractivity contribution is 7.89. The van der Waals surface area contributed by atoms with Gasteiger partial charge in [-0.05, 0) is 31.7 Å².